The minimum atomic E-state index is -3.00. The summed E-state index contributed by atoms with van der Waals surface area (Å²) in [4.78, 5) is 22.1. The highest BCUT2D eigenvalue weighted by molar-refractivity contribution is 7.91. The molecule has 0 aliphatic carbocycles. The highest BCUT2D eigenvalue weighted by Gasteiger charge is 2.39. The molecule has 3 heterocycles. The first-order chi connectivity index (χ1) is 9.00. The highest BCUT2D eigenvalue weighted by Crippen LogP contribution is 2.27. The van der Waals surface area contributed by atoms with E-state index in [1.807, 2.05) is 0 Å². The third-order valence-electron chi connectivity index (χ3n) is 3.55. The van der Waals surface area contributed by atoms with E-state index < -0.39 is 9.84 Å². The minimum absolute atomic E-state index is 0.0546. The Morgan fingerprint density at radius 2 is 2.26 bits per heavy atom. The van der Waals surface area contributed by atoms with E-state index in [4.69, 9.17) is 0 Å². The van der Waals surface area contributed by atoms with Crippen molar-refractivity contribution in [2.24, 2.45) is 0 Å². The van der Waals surface area contributed by atoms with Crippen molar-refractivity contribution in [2.45, 2.75) is 19.0 Å². The number of aromatic nitrogens is 2. The van der Waals surface area contributed by atoms with Gasteiger partial charge in [-0.3, -0.25) is 4.79 Å². The maximum absolute atomic E-state index is 12.2. The molecule has 1 aromatic heterocycles. The number of hydrogen-bond acceptors (Lipinski definition) is 6. The third-order valence-corrected chi connectivity index (χ3v) is 5.30. The van der Waals surface area contributed by atoms with Gasteiger partial charge in [-0.2, -0.15) is 0 Å². The number of nitrogens with zero attached hydrogens (tertiary/aromatic N) is 3. The number of nitrogens with one attached hydrogen (secondary N) is 1. The number of carbonyl (C=O) groups excluding carboxylic acids is 1. The normalized spacial score (nSPS) is 24.6. The van der Waals surface area contributed by atoms with Crippen LogP contribution in [0.5, 0.6) is 0 Å². The molecule has 0 radical (unpaired) electrons. The average Bonchev–Trinajstić information content (AvgIpc) is 2.89. The van der Waals surface area contributed by atoms with Crippen LogP contribution < -0.4 is 5.32 Å². The van der Waals surface area contributed by atoms with E-state index >= 15 is 0 Å². The van der Waals surface area contributed by atoms with Gasteiger partial charge in [-0.25, -0.2) is 18.4 Å². The number of rotatable bonds is 2. The van der Waals surface area contributed by atoms with Gasteiger partial charge in [0.1, 0.15) is 0 Å². The van der Waals surface area contributed by atoms with Crippen LogP contribution in [0.1, 0.15) is 22.5 Å². The molecule has 1 fully saturated rings. The molecule has 3 rings (SSSR count). The highest BCUT2D eigenvalue weighted by atomic mass is 32.2. The molecule has 0 saturated carbocycles. The van der Waals surface area contributed by atoms with E-state index in [-0.39, 0.29) is 23.5 Å². The Bertz CT molecular complexity index is 643. The molecule has 1 aromatic rings. The van der Waals surface area contributed by atoms with Crippen LogP contribution in [0.15, 0.2) is 6.20 Å². The van der Waals surface area contributed by atoms with Gasteiger partial charge in [0, 0.05) is 19.3 Å². The van der Waals surface area contributed by atoms with Crippen molar-refractivity contribution in [3.63, 3.8) is 0 Å². The van der Waals surface area contributed by atoms with Crippen LogP contribution in [0.4, 0.5) is 5.95 Å². The first-order valence-electron chi connectivity index (χ1n) is 6.05. The summed E-state index contributed by atoms with van der Waals surface area (Å²) in [6.07, 6.45) is 2.01. The molecule has 0 aromatic carbocycles. The summed E-state index contributed by atoms with van der Waals surface area (Å²) in [5, 5.41) is 2.82. The van der Waals surface area contributed by atoms with Crippen LogP contribution in [0, 0.1) is 0 Å². The van der Waals surface area contributed by atoms with Crippen molar-refractivity contribution in [3.8, 4) is 0 Å². The van der Waals surface area contributed by atoms with Gasteiger partial charge >= 0.3 is 0 Å². The van der Waals surface area contributed by atoms with Gasteiger partial charge < -0.3 is 10.2 Å². The van der Waals surface area contributed by atoms with E-state index in [1.54, 1.807) is 11.9 Å². The van der Waals surface area contributed by atoms with E-state index in [2.05, 4.69) is 15.3 Å². The quantitative estimate of drug-likeness (QED) is 0.798. The number of amides is 1. The van der Waals surface area contributed by atoms with Crippen LogP contribution in [-0.4, -0.2) is 53.8 Å². The SMILES string of the molecule is CNc1ncc2c(n1)CN(C1CCS(=O)(=O)C1)C2=O. The maximum Gasteiger partial charge on any atom is 0.257 e. The smallest absolute Gasteiger partial charge is 0.257 e. The second-order valence-corrected chi connectivity index (χ2v) is 7.02. The zero-order valence-corrected chi connectivity index (χ0v) is 11.3. The van der Waals surface area contributed by atoms with Crippen LogP contribution in [0.3, 0.4) is 0 Å². The van der Waals surface area contributed by atoms with Gasteiger partial charge in [-0.1, -0.05) is 0 Å². The van der Waals surface area contributed by atoms with Gasteiger partial charge in [-0.05, 0) is 6.42 Å². The minimum Gasteiger partial charge on any atom is -0.357 e. The summed E-state index contributed by atoms with van der Waals surface area (Å²) in [6, 6.07) is -0.232. The van der Waals surface area contributed by atoms with Crippen molar-refractivity contribution in [3.05, 3.63) is 17.5 Å². The molecule has 1 N–H and O–H groups in total. The van der Waals surface area contributed by atoms with Crippen LogP contribution in [0.2, 0.25) is 0 Å². The summed E-state index contributed by atoms with van der Waals surface area (Å²) in [7, 11) is -1.29. The second-order valence-electron chi connectivity index (χ2n) is 4.79. The summed E-state index contributed by atoms with van der Waals surface area (Å²) >= 11 is 0. The Kier molecular flexibility index (Phi) is 2.70. The van der Waals surface area contributed by atoms with E-state index in [9.17, 15) is 13.2 Å². The predicted octanol–water partition coefficient (Wildman–Crippen LogP) is -0.339. The molecule has 1 atom stereocenters. The number of fused-ring (bicyclic) bond motifs is 1. The fourth-order valence-corrected chi connectivity index (χ4v) is 4.27. The Morgan fingerprint density at radius 1 is 1.47 bits per heavy atom. The van der Waals surface area contributed by atoms with Crippen molar-refractivity contribution >= 4 is 21.7 Å². The summed E-state index contributed by atoms with van der Waals surface area (Å²) in [6.45, 7) is 0.367. The van der Waals surface area contributed by atoms with Crippen LogP contribution in [-0.2, 0) is 16.4 Å². The van der Waals surface area contributed by atoms with Crippen molar-refractivity contribution in [1.82, 2.24) is 14.9 Å². The molecule has 0 spiro atoms. The largest absolute Gasteiger partial charge is 0.357 e. The van der Waals surface area contributed by atoms with Crippen molar-refractivity contribution < 1.29 is 13.2 Å². The number of sulfone groups is 1. The standard InChI is InChI=1S/C11H14N4O3S/c1-12-11-13-4-8-9(14-11)5-15(10(8)16)7-2-3-19(17,18)6-7/h4,7H,2-3,5-6H2,1H3,(H,12,13,14). The lowest BCUT2D eigenvalue weighted by Crippen LogP contribution is -2.36. The van der Waals surface area contributed by atoms with Gasteiger partial charge in [0.2, 0.25) is 5.95 Å². The van der Waals surface area contributed by atoms with Gasteiger partial charge in [0.05, 0.1) is 29.3 Å². The van der Waals surface area contributed by atoms with Gasteiger partial charge in [0.15, 0.2) is 9.84 Å². The summed E-state index contributed by atoms with van der Waals surface area (Å²) in [5.74, 6) is 0.511. The lowest BCUT2D eigenvalue weighted by molar-refractivity contribution is 0.0721. The number of anilines is 1. The molecule has 19 heavy (non-hydrogen) atoms. The molecule has 8 heteroatoms. The van der Waals surface area contributed by atoms with Crippen molar-refractivity contribution in [1.29, 1.82) is 0 Å². The molecular formula is C11H14N4O3S. The van der Waals surface area contributed by atoms with E-state index in [1.165, 1.54) is 6.20 Å². The molecule has 1 unspecified atom stereocenters. The molecule has 2 aliphatic rings. The fraction of sp³-hybridized carbons (Fsp3) is 0.545. The Labute approximate surface area is 111 Å². The molecule has 1 saturated heterocycles. The van der Waals surface area contributed by atoms with E-state index in [0.717, 1.165) is 0 Å². The zero-order chi connectivity index (χ0) is 13.6. The van der Waals surface area contributed by atoms with Crippen LogP contribution >= 0.6 is 0 Å². The maximum atomic E-state index is 12.2. The first kappa shape index (κ1) is 12.3. The average molecular weight is 282 g/mol. The molecular weight excluding hydrogens is 268 g/mol. The Balaban J connectivity index is 1.87. The van der Waals surface area contributed by atoms with Gasteiger partial charge in [-0.15, -0.1) is 0 Å². The van der Waals surface area contributed by atoms with E-state index in [0.29, 0.717) is 30.2 Å². The summed E-state index contributed by atoms with van der Waals surface area (Å²) in [5.41, 5.74) is 1.14. The third kappa shape index (κ3) is 2.05. The Hall–Kier alpha value is -1.70. The van der Waals surface area contributed by atoms with Crippen molar-refractivity contribution in [2.75, 3.05) is 23.9 Å². The first-order valence-corrected chi connectivity index (χ1v) is 7.87. The molecule has 2 aliphatic heterocycles. The topological polar surface area (TPSA) is 92.3 Å². The fourth-order valence-electron chi connectivity index (χ4n) is 2.54. The second kappa shape index (κ2) is 4.16. The predicted molar refractivity (Wildman–Crippen MR) is 68.5 cm³/mol. The summed E-state index contributed by atoms with van der Waals surface area (Å²) < 4.78 is 23.0. The lowest BCUT2D eigenvalue weighted by Gasteiger charge is -2.21. The van der Waals surface area contributed by atoms with Crippen LogP contribution in [0.25, 0.3) is 0 Å². The zero-order valence-electron chi connectivity index (χ0n) is 10.5. The molecule has 0 bridgehead atoms. The van der Waals surface area contributed by atoms with Gasteiger partial charge in [0.25, 0.3) is 5.91 Å². The number of carbonyl (C=O) groups is 1. The lowest BCUT2D eigenvalue weighted by atomic mass is 10.2. The molecule has 7 nitrogen and oxygen atoms in total. The molecule has 102 valence electrons. The Morgan fingerprint density at radius 3 is 2.89 bits per heavy atom. The number of hydrogen-bond donors (Lipinski definition) is 1. The molecule has 1 amide bonds. The monoisotopic (exact) mass is 282 g/mol.